The van der Waals surface area contributed by atoms with Gasteiger partial charge in [0.1, 0.15) is 0 Å². The number of rotatable bonds is 2. The van der Waals surface area contributed by atoms with Gasteiger partial charge in [0.25, 0.3) is 0 Å². The Morgan fingerprint density at radius 2 is 1.76 bits per heavy atom. The Morgan fingerprint density at radius 3 is 2.12 bits per heavy atom. The first-order chi connectivity index (χ1) is 7.63. The molecule has 1 heterocycles. The number of hydrogen-bond donors (Lipinski definition) is 1. The fourth-order valence-corrected chi connectivity index (χ4v) is 3.18. The van der Waals surface area contributed by atoms with Crippen LogP contribution >= 0.6 is 0 Å². The predicted octanol–water partition coefficient (Wildman–Crippen LogP) is 3.15. The first-order valence-corrected chi connectivity index (χ1v) is 9.20. The van der Waals surface area contributed by atoms with Gasteiger partial charge in [0.05, 0.1) is 0 Å². The molecule has 0 spiro atoms. The molecule has 1 fully saturated rings. The SMILES string of the molecule is CC(C)(C)[Si](C)(C)OC1CCN(C(=O)O)CC1. The molecule has 1 aliphatic heterocycles. The molecule has 1 aliphatic rings. The molecule has 0 aliphatic carbocycles. The summed E-state index contributed by atoms with van der Waals surface area (Å²) in [5.74, 6) is 0. The van der Waals surface area contributed by atoms with Gasteiger partial charge >= 0.3 is 6.09 Å². The van der Waals surface area contributed by atoms with Gasteiger partial charge in [0, 0.05) is 19.2 Å². The lowest BCUT2D eigenvalue weighted by Crippen LogP contribution is -2.48. The van der Waals surface area contributed by atoms with Crippen LogP contribution in [0, 0.1) is 0 Å². The highest BCUT2D eigenvalue weighted by Crippen LogP contribution is 2.38. The van der Waals surface area contributed by atoms with Gasteiger partial charge in [0.15, 0.2) is 8.32 Å². The van der Waals surface area contributed by atoms with Gasteiger partial charge < -0.3 is 14.4 Å². The Hall–Kier alpha value is -0.553. The lowest BCUT2D eigenvalue weighted by molar-refractivity contribution is 0.0822. The van der Waals surface area contributed by atoms with Gasteiger partial charge in [0.2, 0.25) is 0 Å². The summed E-state index contributed by atoms with van der Waals surface area (Å²) in [6, 6.07) is 0. The fourth-order valence-electron chi connectivity index (χ4n) is 1.76. The van der Waals surface area contributed by atoms with Crippen LogP contribution in [-0.4, -0.2) is 43.6 Å². The Morgan fingerprint density at radius 1 is 1.29 bits per heavy atom. The Kier molecular flexibility index (Phi) is 4.25. The maximum atomic E-state index is 10.8. The molecule has 1 rings (SSSR count). The van der Waals surface area contributed by atoms with Gasteiger partial charge in [-0.25, -0.2) is 4.79 Å². The maximum absolute atomic E-state index is 10.8. The monoisotopic (exact) mass is 259 g/mol. The van der Waals surface area contributed by atoms with Crippen molar-refractivity contribution in [1.82, 2.24) is 4.90 Å². The van der Waals surface area contributed by atoms with Crippen LogP contribution in [0.2, 0.25) is 18.1 Å². The largest absolute Gasteiger partial charge is 0.465 e. The number of nitrogens with zero attached hydrogens (tertiary/aromatic N) is 1. The second kappa shape index (κ2) is 4.98. The van der Waals surface area contributed by atoms with Crippen molar-refractivity contribution >= 4 is 14.4 Å². The van der Waals surface area contributed by atoms with Crippen molar-refractivity contribution in [2.24, 2.45) is 0 Å². The van der Waals surface area contributed by atoms with Gasteiger partial charge in [-0.05, 0) is 31.0 Å². The summed E-state index contributed by atoms with van der Waals surface area (Å²) in [4.78, 5) is 12.3. The summed E-state index contributed by atoms with van der Waals surface area (Å²) in [5, 5.41) is 9.10. The third-order valence-electron chi connectivity index (χ3n) is 3.98. The molecule has 0 aromatic rings. The van der Waals surface area contributed by atoms with Crippen molar-refractivity contribution in [3.63, 3.8) is 0 Å². The topological polar surface area (TPSA) is 49.8 Å². The number of amides is 1. The highest BCUT2D eigenvalue weighted by atomic mass is 28.4. The Balaban J connectivity index is 2.48. The minimum absolute atomic E-state index is 0.219. The van der Waals surface area contributed by atoms with Crippen molar-refractivity contribution in [2.75, 3.05) is 13.1 Å². The maximum Gasteiger partial charge on any atom is 0.407 e. The molecule has 0 atom stereocenters. The van der Waals surface area contributed by atoms with Crippen LogP contribution in [0.1, 0.15) is 33.6 Å². The molecule has 1 saturated heterocycles. The molecule has 0 aromatic heterocycles. The third kappa shape index (κ3) is 3.71. The van der Waals surface area contributed by atoms with E-state index in [1.807, 2.05) is 0 Å². The van der Waals surface area contributed by atoms with Crippen LogP contribution in [0.3, 0.4) is 0 Å². The average Bonchev–Trinajstić information content (AvgIpc) is 2.16. The Labute approximate surface area is 105 Å². The molecule has 4 nitrogen and oxygen atoms in total. The molecule has 17 heavy (non-hydrogen) atoms. The number of hydrogen-bond acceptors (Lipinski definition) is 2. The normalized spacial score (nSPS) is 19.5. The molecule has 100 valence electrons. The third-order valence-corrected chi connectivity index (χ3v) is 8.51. The molecular formula is C12H25NO3Si. The second-order valence-electron chi connectivity index (χ2n) is 6.35. The summed E-state index contributed by atoms with van der Waals surface area (Å²) in [6.07, 6.45) is 1.10. The van der Waals surface area contributed by atoms with E-state index in [2.05, 4.69) is 33.9 Å². The van der Waals surface area contributed by atoms with Gasteiger partial charge in [-0.3, -0.25) is 0 Å². The van der Waals surface area contributed by atoms with E-state index in [-0.39, 0.29) is 11.1 Å². The zero-order valence-electron chi connectivity index (χ0n) is 11.6. The number of carbonyl (C=O) groups is 1. The molecule has 0 saturated carbocycles. The predicted molar refractivity (Wildman–Crippen MR) is 70.9 cm³/mol. The summed E-state index contributed by atoms with van der Waals surface area (Å²) >= 11 is 0. The van der Waals surface area contributed by atoms with E-state index in [1.165, 1.54) is 4.90 Å². The fraction of sp³-hybridized carbons (Fsp3) is 0.917. The average molecular weight is 259 g/mol. The minimum atomic E-state index is -1.71. The van der Waals surface area contributed by atoms with E-state index in [0.717, 1.165) is 12.8 Å². The molecule has 0 radical (unpaired) electrons. The van der Waals surface area contributed by atoms with Crippen LogP contribution in [0.25, 0.3) is 0 Å². The standard InChI is InChI=1S/C12H25NO3Si/c1-12(2,3)17(4,5)16-10-6-8-13(9-7-10)11(14)15/h10H,6-9H2,1-5H3,(H,14,15). The molecule has 1 N–H and O–H groups in total. The van der Waals surface area contributed by atoms with Crippen LogP contribution < -0.4 is 0 Å². The van der Waals surface area contributed by atoms with E-state index in [1.54, 1.807) is 0 Å². The van der Waals surface area contributed by atoms with Crippen molar-refractivity contribution < 1.29 is 14.3 Å². The minimum Gasteiger partial charge on any atom is -0.465 e. The molecule has 1 amide bonds. The first-order valence-electron chi connectivity index (χ1n) is 6.29. The van der Waals surface area contributed by atoms with E-state index in [9.17, 15) is 4.79 Å². The molecule has 0 bridgehead atoms. The highest BCUT2D eigenvalue weighted by molar-refractivity contribution is 6.74. The second-order valence-corrected chi connectivity index (χ2v) is 11.1. The Bertz CT molecular complexity index is 278. The zero-order valence-corrected chi connectivity index (χ0v) is 12.6. The van der Waals surface area contributed by atoms with Gasteiger partial charge in [-0.15, -0.1) is 0 Å². The van der Waals surface area contributed by atoms with Crippen LogP contribution in [0.5, 0.6) is 0 Å². The van der Waals surface area contributed by atoms with Crippen molar-refractivity contribution in [3.8, 4) is 0 Å². The summed E-state index contributed by atoms with van der Waals surface area (Å²) in [6.45, 7) is 12.4. The van der Waals surface area contributed by atoms with Crippen LogP contribution in [-0.2, 0) is 4.43 Å². The quantitative estimate of drug-likeness (QED) is 0.775. The molecule has 0 aromatic carbocycles. The lowest BCUT2D eigenvalue weighted by atomic mass is 10.1. The van der Waals surface area contributed by atoms with Crippen molar-refractivity contribution in [3.05, 3.63) is 0 Å². The summed E-state index contributed by atoms with van der Waals surface area (Å²) in [7, 11) is -1.71. The van der Waals surface area contributed by atoms with Gasteiger partial charge in [-0.2, -0.15) is 0 Å². The number of likely N-dealkylation sites (tertiary alicyclic amines) is 1. The highest BCUT2D eigenvalue weighted by Gasteiger charge is 2.39. The van der Waals surface area contributed by atoms with Crippen molar-refractivity contribution in [1.29, 1.82) is 0 Å². The van der Waals surface area contributed by atoms with E-state index in [0.29, 0.717) is 13.1 Å². The molecular weight excluding hydrogens is 234 g/mol. The van der Waals surface area contributed by atoms with E-state index >= 15 is 0 Å². The van der Waals surface area contributed by atoms with Crippen LogP contribution in [0.15, 0.2) is 0 Å². The van der Waals surface area contributed by atoms with Crippen molar-refractivity contribution in [2.45, 2.75) is 57.8 Å². The molecule has 5 heteroatoms. The zero-order chi connectivity index (χ0) is 13.3. The van der Waals surface area contributed by atoms with Gasteiger partial charge in [-0.1, -0.05) is 20.8 Å². The van der Waals surface area contributed by atoms with E-state index in [4.69, 9.17) is 9.53 Å². The lowest BCUT2D eigenvalue weighted by Gasteiger charge is -2.41. The number of carboxylic acid groups (broad SMARTS) is 1. The summed E-state index contributed by atoms with van der Waals surface area (Å²) in [5.41, 5.74) is 0. The smallest absolute Gasteiger partial charge is 0.407 e. The number of piperidine rings is 1. The summed E-state index contributed by atoms with van der Waals surface area (Å²) < 4.78 is 6.29. The van der Waals surface area contributed by atoms with Crippen LogP contribution in [0.4, 0.5) is 4.79 Å². The van der Waals surface area contributed by atoms with E-state index < -0.39 is 14.4 Å². The molecule has 0 unspecified atom stereocenters. The first kappa shape index (κ1) is 14.5.